The van der Waals surface area contributed by atoms with Crippen LogP contribution in [-0.2, 0) is 6.54 Å². The number of halogens is 1. The molecule has 1 aromatic carbocycles. The summed E-state index contributed by atoms with van der Waals surface area (Å²) in [7, 11) is 2.19. The molecular weight excluding hydrogens is 302 g/mol. The molecule has 0 aromatic heterocycles. The highest BCUT2D eigenvalue weighted by Gasteiger charge is 2.15. The van der Waals surface area contributed by atoms with E-state index in [9.17, 15) is 0 Å². The average molecular weight is 326 g/mol. The van der Waals surface area contributed by atoms with E-state index >= 15 is 0 Å². The van der Waals surface area contributed by atoms with E-state index < -0.39 is 0 Å². The first-order valence-corrected chi connectivity index (χ1v) is 7.84. The van der Waals surface area contributed by atoms with Crippen LogP contribution in [0.4, 0.5) is 0 Å². The molecule has 19 heavy (non-hydrogen) atoms. The Morgan fingerprint density at radius 2 is 2.11 bits per heavy atom. The molecule has 0 amide bonds. The van der Waals surface area contributed by atoms with Crippen molar-refractivity contribution in [3.8, 4) is 0 Å². The third kappa shape index (κ3) is 5.22. The fourth-order valence-corrected chi connectivity index (χ4v) is 2.96. The fourth-order valence-electron chi connectivity index (χ4n) is 2.51. The summed E-state index contributed by atoms with van der Waals surface area (Å²) in [4.78, 5) is 4.91. The maximum absolute atomic E-state index is 5.93. The maximum Gasteiger partial charge on any atom is 0.0231 e. The van der Waals surface area contributed by atoms with Crippen LogP contribution in [0.2, 0.25) is 0 Å². The van der Waals surface area contributed by atoms with Crippen LogP contribution in [0.3, 0.4) is 0 Å². The van der Waals surface area contributed by atoms with Gasteiger partial charge in [0.25, 0.3) is 0 Å². The van der Waals surface area contributed by atoms with Crippen LogP contribution >= 0.6 is 15.9 Å². The molecule has 1 aliphatic rings. The second-order valence-electron chi connectivity index (χ2n) is 5.55. The van der Waals surface area contributed by atoms with Gasteiger partial charge in [-0.1, -0.05) is 28.1 Å². The molecule has 0 radical (unpaired) electrons. The molecule has 0 atom stereocenters. The molecule has 2 rings (SSSR count). The normalized spacial score (nSPS) is 18.1. The molecule has 4 heteroatoms. The average Bonchev–Trinajstić information content (AvgIpc) is 2.38. The van der Waals surface area contributed by atoms with Crippen LogP contribution in [0.25, 0.3) is 0 Å². The van der Waals surface area contributed by atoms with Gasteiger partial charge in [-0.2, -0.15) is 0 Å². The Morgan fingerprint density at radius 3 is 2.79 bits per heavy atom. The second-order valence-corrected chi connectivity index (χ2v) is 6.46. The van der Waals surface area contributed by atoms with Crippen molar-refractivity contribution < 1.29 is 0 Å². The molecule has 1 heterocycles. The maximum atomic E-state index is 5.93. The first-order valence-electron chi connectivity index (χ1n) is 7.04. The molecule has 106 valence electrons. The molecule has 3 nitrogen and oxygen atoms in total. The third-order valence-corrected chi connectivity index (χ3v) is 4.26. The minimum atomic E-state index is 0.427. The van der Waals surface area contributed by atoms with Crippen molar-refractivity contribution in [3.63, 3.8) is 0 Å². The summed E-state index contributed by atoms with van der Waals surface area (Å²) in [5.41, 5.74) is 7.29. The Hall–Kier alpha value is -0.420. The van der Waals surface area contributed by atoms with Gasteiger partial charge in [0.05, 0.1) is 0 Å². The lowest BCUT2D eigenvalue weighted by Gasteiger charge is -2.31. The van der Waals surface area contributed by atoms with Crippen LogP contribution in [0, 0.1) is 0 Å². The molecule has 1 fully saturated rings. The minimum absolute atomic E-state index is 0.427. The Kier molecular flexibility index (Phi) is 5.82. The number of hydrogen-bond acceptors (Lipinski definition) is 3. The van der Waals surface area contributed by atoms with E-state index in [1.165, 1.54) is 5.56 Å². The van der Waals surface area contributed by atoms with E-state index in [1.54, 1.807) is 0 Å². The van der Waals surface area contributed by atoms with Crippen LogP contribution in [-0.4, -0.2) is 49.1 Å². The van der Waals surface area contributed by atoms with E-state index in [4.69, 9.17) is 5.73 Å². The summed E-state index contributed by atoms with van der Waals surface area (Å²) >= 11 is 3.52. The van der Waals surface area contributed by atoms with Gasteiger partial charge in [0.2, 0.25) is 0 Å². The SMILES string of the molecule is CN(CCN1CCC(N)CC1)Cc1cccc(Br)c1. The van der Waals surface area contributed by atoms with Gasteiger partial charge in [-0.3, -0.25) is 0 Å². The Bertz CT molecular complexity index is 389. The van der Waals surface area contributed by atoms with Crippen LogP contribution in [0.1, 0.15) is 18.4 Å². The van der Waals surface area contributed by atoms with E-state index in [-0.39, 0.29) is 0 Å². The minimum Gasteiger partial charge on any atom is -0.328 e. The highest BCUT2D eigenvalue weighted by Crippen LogP contribution is 2.13. The van der Waals surface area contributed by atoms with Gasteiger partial charge in [-0.05, 0) is 50.7 Å². The zero-order valence-electron chi connectivity index (χ0n) is 11.7. The Balaban J connectivity index is 1.71. The highest BCUT2D eigenvalue weighted by molar-refractivity contribution is 9.10. The van der Waals surface area contributed by atoms with Crippen molar-refractivity contribution in [3.05, 3.63) is 34.3 Å². The fraction of sp³-hybridized carbons (Fsp3) is 0.600. The van der Waals surface area contributed by atoms with Crippen LogP contribution < -0.4 is 5.73 Å². The van der Waals surface area contributed by atoms with Gasteiger partial charge in [-0.15, -0.1) is 0 Å². The molecule has 0 unspecified atom stereocenters. The summed E-state index contributed by atoms with van der Waals surface area (Å²) in [5, 5.41) is 0. The van der Waals surface area contributed by atoms with Gasteiger partial charge in [-0.25, -0.2) is 0 Å². The molecule has 1 aromatic rings. The van der Waals surface area contributed by atoms with Gasteiger partial charge in [0.15, 0.2) is 0 Å². The van der Waals surface area contributed by atoms with Crippen molar-refractivity contribution >= 4 is 15.9 Å². The molecule has 1 saturated heterocycles. The summed E-state index contributed by atoms with van der Waals surface area (Å²) in [5.74, 6) is 0. The van der Waals surface area contributed by atoms with Crippen molar-refractivity contribution in [1.29, 1.82) is 0 Å². The van der Waals surface area contributed by atoms with Gasteiger partial charge < -0.3 is 15.5 Å². The van der Waals surface area contributed by atoms with E-state index in [0.717, 1.165) is 50.0 Å². The van der Waals surface area contributed by atoms with Crippen molar-refractivity contribution in [1.82, 2.24) is 9.80 Å². The predicted octanol–water partition coefficient (Wildman–Crippen LogP) is 2.30. The number of benzene rings is 1. The van der Waals surface area contributed by atoms with Gasteiger partial charge in [0, 0.05) is 30.1 Å². The summed E-state index contributed by atoms with van der Waals surface area (Å²) in [6.45, 7) is 5.59. The number of likely N-dealkylation sites (tertiary alicyclic amines) is 1. The molecule has 0 saturated carbocycles. The number of likely N-dealkylation sites (N-methyl/N-ethyl adjacent to an activating group) is 1. The zero-order valence-corrected chi connectivity index (χ0v) is 13.3. The predicted molar refractivity (Wildman–Crippen MR) is 84.1 cm³/mol. The second kappa shape index (κ2) is 7.39. The van der Waals surface area contributed by atoms with E-state index in [2.05, 4.69) is 57.0 Å². The number of nitrogens with two attached hydrogens (primary N) is 1. The third-order valence-electron chi connectivity index (χ3n) is 3.77. The summed E-state index contributed by atoms with van der Waals surface area (Å²) in [6, 6.07) is 8.97. The Labute approximate surface area is 124 Å². The lowest BCUT2D eigenvalue weighted by atomic mass is 10.1. The lowest BCUT2D eigenvalue weighted by Crippen LogP contribution is -2.42. The molecule has 0 aliphatic carbocycles. The summed E-state index contributed by atoms with van der Waals surface area (Å²) < 4.78 is 1.16. The standard InChI is InChI=1S/C15H24BrN3/c1-18(12-13-3-2-4-14(16)11-13)9-10-19-7-5-15(17)6-8-19/h2-4,11,15H,5-10,12,17H2,1H3. The molecule has 0 bridgehead atoms. The quantitative estimate of drug-likeness (QED) is 0.901. The molecule has 1 aliphatic heterocycles. The largest absolute Gasteiger partial charge is 0.328 e. The van der Waals surface area contributed by atoms with E-state index in [0.29, 0.717) is 6.04 Å². The highest BCUT2D eigenvalue weighted by atomic mass is 79.9. The molecular formula is C15H24BrN3. The number of piperidine rings is 1. The first kappa shape index (κ1) is 15.0. The van der Waals surface area contributed by atoms with Gasteiger partial charge >= 0.3 is 0 Å². The zero-order chi connectivity index (χ0) is 13.7. The monoisotopic (exact) mass is 325 g/mol. The summed E-state index contributed by atoms with van der Waals surface area (Å²) in [6.07, 6.45) is 2.30. The van der Waals surface area contributed by atoms with Crippen LogP contribution in [0.5, 0.6) is 0 Å². The number of nitrogens with zero attached hydrogens (tertiary/aromatic N) is 2. The van der Waals surface area contributed by atoms with Crippen LogP contribution in [0.15, 0.2) is 28.7 Å². The smallest absolute Gasteiger partial charge is 0.0231 e. The van der Waals surface area contributed by atoms with Crippen molar-refractivity contribution in [2.45, 2.75) is 25.4 Å². The van der Waals surface area contributed by atoms with Crippen molar-refractivity contribution in [2.75, 3.05) is 33.2 Å². The molecule has 2 N–H and O–H groups in total. The Morgan fingerprint density at radius 1 is 1.37 bits per heavy atom. The first-order chi connectivity index (χ1) is 9.13. The van der Waals surface area contributed by atoms with Crippen molar-refractivity contribution in [2.24, 2.45) is 5.73 Å². The van der Waals surface area contributed by atoms with E-state index in [1.807, 2.05) is 0 Å². The topological polar surface area (TPSA) is 32.5 Å². The van der Waals surface area contributed by atoms with Gasteiger partial charge in [0.1, 0.15) is 0 Å². The number of hydrogen-bond donors (Lipinski definition) is 1. The number of rotatable bonds is 5. The lowest BCUT2D eigenvalue weighted by molar-refractivity contribution is 0.183. The molecule has 0 spiro atoms.